The van der Waals surface area contributed by atoms with Gasteiger partial charge in [-0.25, -0.2) is 16.8 Å². The molecule has 34 heavy (non-hydrogen) atoms. The molecule has 3 aromatic rings. The number of anilines is 2. The van der Waals surface area contributed by atoms with Crippen molar-refractivity contribution < 1.29 is 43.2 Å². The number of alkyl halides is 6. The summed E-state index contributed by atoms with van der Waals surface area (Å²) in [5.41, 5.74) is -3.06. The molecule has 0 aromatic heterocycles. The van der Waals surface area contributed by atoms with E-state index < -0.39 is 59.0 Å². The molecule has 0 spiro atoms. The van der Waals surface area contributed by atoms with E-state index in [0.717, 1.165) is 48.5 Å². The Morgan fingerprint density at radius 3 is 1.53 bits per heavy atom. The number of hydrogen-bond acceptors (Lipinski definition) is 4. The van der Waals surface area contributed by atoms with Crippen LogP contribution in [0.25, 0.3) is 0 Å². The van der Waals surface area contributed by atoms with Crippen LogP contribution in [0.15, 0.2) is 82.6 Å². The molecule has 3 rings (SSSR count). The highest BCUT2D eigenvalue weighted by Gasteiger charge is 2.34. The zero-order valence-corrected chi connectivity index (χ0v) is 18.3. The quantitative estimate of drug-likeness (QED) is 0.427. The van der Waals surface area contributed by atoms with Gasteiger partial charge in [0.1, 0.15) is 0 Å². The lowest BCUT2D eigenvalue weighted by Gasteiger charge is -2.15. The molecule has 2 N–H and O–H groups in total. The summed E-state index contributed by atoms with van der Waals surface area (Å²) in [4.78, 5) is -0.926. The average Bonchev–Trinajstić information content (AvgIpc) is 2.73. The molecule has 0 amide bonds. The molecule has 0 aliphatic carbocycles. The zero-order valence-electron chi connectivity index (χ0n) is 16.6. The largest absolute Gasteiger partial charge is 0.418 e. The summed E-state index contributed by atoms with van der Waals surface area (Å²) in [6.07, 6.45) is -9.45. The third kappa shape index (κ3) is 5.80. The number of sulfonamides is 2. The Kier molecular flexibility index (Phi) is 6.59. The van der Waals surface area contributed by atoms with Gasteiger partial charge in [-0.2, -0.15) is 26.3 Å². The third-order valence-corrected chi connectivity index (χ3v) is 7.16. The Morgan fingerprint density at radius 1 is 0.559 bits per heavy atom. The van der Waals surface area contributed by atoms with Crippen molar-refractivity contribution >= 4 is 31.4 Å². The highest BCUT2D eigenvalue weighted by atomic mass is 32.2. The average molecular weight is 524 g/mol. The van der Waals surface area contributed by atoms with E-state index in [0.29, 0.717) is 18.2 Å². The second kappa shape index (κ2) is 8.83. The fraction of sp³-hybridized carbons (Fsp3) is 0.100. The minimum atomic E-state index is -4.81. The van der Waals surface area contributed by atoms with Crippen LogP contribution in [0.2, 0.25) is 0 Å². The van der Waals surface area contributed by atoms with Crippen LogP contribution in [-0.4, -0.2) is 16.8 Å². The molecule has 0 aliphatic heterocycles. The minimum Gasteiger partial charge on any atom is -0.280 e. The lowest BCUT2D eigenvalue weighted by atomic mass is 10.2. The number of rotatable bonds is 6. The molecule has 0 radical (unpaired) electrons. The normalized spacial score (nSPS) is 12.9. The van der Waals surface area contributed by atoms with E-state index in [9.17, 15) is 43.2 Å². The SMILES string of the molecule is O=S(=O)(Nc1ccc(S(=O)(=O)Nc2ccccc2C(F)(F)F)cc1)c1ccc(C(F)(F)F)cc1. The van der Waals surface area contributed by atoms with E-state index in [1.165, 1.54) is 6.07 Å². The predicted octanol–water partition coefficient (Wildman–Crippen LogP) is 5.33. The third-order valence-electron chi connectivity index (χ3n) is 4.39. The fourth-order valence-electron chi connectivity index (χ4n) is 2.76. The number of hydrogen-bond donors (Lipinski definition) is 2. The molecule has 0 heterocycles. The molecular weight excluding hydrogens is 510 g/mol. The Morgan fingerprint density at radius 2 is 1.03 bits per heavy atom. The maximum atomic E-state index is 13.1. The van der Waals surface area contributed by atoms with Crippen molar-refractivity contribution in [1.29, 1.82) is 0 Å². The molecule has 0 saturated carbocycles. The first-order valence-electron chi connectivity index (χ1n) is 9.09. The molecule has 3 aromatic carbocycles. The Bertz CT molecular complexity index is 1380. The van der Waals surface area contributed by atoms with Crippen LogP contribution in [0.1, 0.15) is 11.1 Å². The van der Waals surface area contributed by atoms with Crippen molar-refractivity contribution in [1.82, 2.24) is 0 Å². The maximum absolute atomic E-state index is 13.1. The van der Waals surface area contributed by atoms with Gasteiger partial charge in [0.2, 0.25) is 0 Å². The van der Waals surface area contributed by atoms with Gasteiger partial charge in [-0.1, -0.05) is 12.1 Å². The standard InChI is InChI=1S/C20H14F6N2O4S2/c21-19(22,23)13-5-9-15(10-6-13)33(29,30)27-14-7-11-16(12-8-14)34(31,32)28-18-4-2-1-3-17(18)20(24,25)26/h1-12,27-28H. The predicted molar refractivity (Wildman–Crippen MR) is 111 cm³/mol. The van der Waals surface area contributed by atoms with Crippen LogP contribution in [0.4, 0.5) is 37.7 Å². The molecule has 0 fully saturated rings. The molecular formula is C20H14F6N2O4S2. The first-order chi connectivity index (χ1) is 15.6. The van der Waals surface area contributed by atoms with Gasteiger partial charge in [0.05, 0.1) is 26.6 Å². The van der Waals surface area contributed by atoms with Crippen LogP contribution in [0.3, 0.4) is 0 Å². The lowest BCUT2D eigenvalue weighted by Crippen LogP contribution is -2.17. The molecule has 182 valence electrons. The Hall–Kier alpha value is -3.26. The fourth-order valence-corrected chi connectivity index (χ4v) is 4.90. The van der Waals surface area contributed by atoms with Crippen molar-refractivity contribution in [3.8, 4) is 0 Å². The van der Waals surface area contributed by atoms with Gasteiger partial charge in [-0.3, -0.25) is 9.44 Å². The molecule has 0 unspecified atom stereocenters. The summed E-state index contributed by atoms with van der Waals surface area (Å²) in [5.74, 6) is 0. The highest BCUT2D eigenvalue weighted by molar-refractivity contribution is 7.93. The van der Waals surface area contributed by atoms with Gasteiger partial charge >= 0.3 is 12.4 Å². The Labute approximate surface area is 190 Å². The van der Waals surface area contributed by atoms with Gasteiger partial charge in [0.25, 0.3) is 20.0 Å². The van der Waals surface area contributed by atoms with Gasteiger partial charge < -0.3 is 0 Å². The molecule has 0 aliphatic rings. The van der Waals surface area contributed by atoms with Crippen LogP contribution in [0.5, 0.6) is 0 Å². The summed E-state index contributed by atoms with van der Waals surface area (Å²) >= 11 is 0. The smallest absolute Gasteiger partial charge is 0.280 e. The van der Waals surface area contributed by atoms with E-state index >= 15 is 0 Å². The van der Waals surface area contributed by atoms with Gasteiger partial charge in [0, 0.05) is 5.69 Å². The van der Waals surface area contributed by atoms with Crippen molar-refractivity contribution in [2.24, 2.45) is 0 Å². The van der Waals surface area contributed by atoms with E-state index in [4.69, 9.17) is 0 Å². The van der Waals surface area contributed by atoms with Crippen molar-refractivity contribution in [3.63, 3.8) is 0 Å². The van der Waals surface area contributed by atoms with Gasteiger partial charge in [-0.05, 0) is 60.7 Å². The first kappa shape index (κ1) is 25.4. The summed E-state index contributed by atoms with van der Waals surface area (Å²) in [6, 6.07) is 10.6. The second-order valence-corrected chi connectivity index (χ2v) is 10.2. The number of nitrogens with one attached hydrogen (secondary N) is 2. The van der Waals surface area contributed by atoms with Crippen LogP contribution >= 0.6 is 0 Å². The maximum Gasteiger partial charge on any atom is 0.418 e. The molecule has 0 atom stereocenters. The van der Waals surface area contributed by atoms with Gasteiger partial charge in [0.15, 0.2) is 0 Å². The second-order valence-electron chi connectivity index (χ2n) is 6.80. The summed E-state index contributed by atoms with van der Waals surface area (Å²) in [6.45, 7) is 0. The van der Waals surface area contributed by atoms with Crippen molar-refractivity contribution in [2.45, 2.75) is 22.1 Å². The molecule has 6 nitrogen and oxygen atoms in total. The summed E-state index contributed by atoms with van der Waals surface area (Å²) in [5, 5.41) is 0. The van der Waals surface area contributed by atoms with Crippen molar-refractivity contribution in [3.05, 3.63) is 83.9 Å². The minimum absolute atomic E-state index is 0.130. The van der Waals surface area contributed by atoms with Gasteiger partial charge in [-0.15, -0.1) is 0 Å². The summed E-state index contributed by atoms with van der Waals surface area (Å²) < 4.78 is 131. The van der Waals surface area contributed by atoms with E-state index in [-0.39, 0.29) is 5.69 Å². The van der Waals surface area contributed by atoms with Crippen LogP contribution < -0.4 is 9.44 Å². The van der Waals surface area contributed by atoms with E-state index in [1.807, 2.05) is 4.72 Å². The topological polar surface area (TPSA) is 92.3 Å². The molecule has 0 saturated heterocycles. The number of halogens is 6. The monoisotopic (exact) mass is 524 g/mol. The van der Waals surface area contributed by atoms with E-state index in [2.05, 4.69) is 4.72 Å². The van der Waals surface area contributed by atoms with E-state index in [1.54, 1.807) is 0 Å². The van der Waals surface area contributed by atoms with Crippen molar-refractivity contribution in [2.75, 3.05) is 9.44 Å². The number of para-hydroxylation sites is 1. The van der Waals surface area contributed by atoms with Crippen LogP contribution in [0, 0.1) is 0 Å². The zero-order chi connectivity index (χ0) is 25.4. The first-order valence-corrected chi connectivity index (χ1v) is 12.1. The lowest BCUT2D eigenvalue weighted by molar-refractivity contribution is -0.138. The number of benzene rings is 3. The Balaban J connectivity index is 1.80. The molecule has 0 bridgehead atoms. The van der Waals surface area contributed by atoms with Crippen LogP contribution in [-0.2, 0) is 32.4 Å². The molecule has 14 heteroatoms. The highest BCUT2D eigenvalue weighted by Crippen LogP contribution is 2.35. The summed E-state index contributed by atoms with van der Waals surface area (Å²) in [7, 11) is -8.76.